The highest BCUT2D eigenvalue weighted by molar-refractivity contribution is 8.15. The lowest BCUT2D eigenvalue weighted by molar-refractivity contribution is 0.183. The van der Waals surface area contributed by atoms with E-state index in [1.165, 1.54) is 12.1 Å². The fourth-order valence-corrected chi connectivity index (χ4v) is 1.86. The van der Waals surface area contributed by atoms with Crippen LogP contribution >= 0.6 is 11.8 Å². The van der Waals surface area contributed by atoms with Gasteiger partial charge in [0.05, 0.1) is 12.8 Å². The van der Waals surface area contributed by atoms with Crippen LogP contribution in [0.15, 0.2) is 17.1 Å². The Morgan fingerprint density at radius 2 is 2.16 bits per heavy atom. The van der Waals surface area contributed by atoms with Gasteiger partial charge in [0.25, 0.3) is 0 Å². The van der Waals surface area contributed by atoms with Gasteiger partial charge in [-0.1, -0.05) is 0 Å². The van der Waals surface area contributed by atoms with E-state index in [1.807, 2.05) is 0 Å². The molecule has 2 N–H and O–H groups in total. The Bertz CT molecular complexity index is 558. The minimum absolute atomic E-state index is 0.00995. The Labute approximate surface area is 114 Å². The number of amides is 1. The topological polar surface area (TPSA) is 82.7 Å². The number of rotatable bonds is 2. The van der Waals surface area contributed by atoms with Crippen LogP contribution in [0.5, 0.6) is 5.75 Å². The van der Waals surface area contributed by atoms with E-state index in [0.717, 1.165) is 18.9 Å². The van der Waals surface area contributed by atoms with Crippen molar-refractivity contribution < 1.29 is 19.0 Å². The normalized spacial score (nSPS) is 11.3. The smallest absolute Gasteiger partial charge is 0.434 e. The summed E-state index contributed by atoms with van der Waals surface area (Å²) >= 11 is 1.01. The molecule has 102 valence electrons. The van der Waals surface area contributed by atoms with Gasteiger partial charge in [0.1, 0.15) is 5.04 Å². The van der Waals surface area contributed by atoms with Gasteiger partial charge in [0.2, 0.25) is 0 Å². The number of thioether (sulfide) groups is 1. The summed E-state index contributed by atoms with van der Waals surface area (Å²) in [6.45, 7) is 1.66. The molecule has 0 bridgehead atoms. The third-order valence-corrected chi connectivity index (χ3v) is 2.92. The number of phenols is 1. The monoisotopic (exact) mass is 284 g/mol. The number of methoxy groups -OCH3 is 1. The molecule has 5 nitrogen and oxygen atoms in total. The highest BCUT2D eigenvalue weighted by Crippen LogP contribution is 2.23. The molecule has 0 radical (unpaired) electrons. The summed E-state index contributed by atoms with van der Waals surface area (Å²) < 4.78 is 18.1. The summed E-state index contributed by atoms with van der Waals surface area (Å²) in [6.07, 6.45) is 0.732. The number of aromatic hydroxyl groups is 1. The number of halogens is 1. The summed E-state index contributed by atoms with van der Waals surface area (Å²) in [5, 5.41) is 17.3. The van der Waals surface area contributed by atoms with Gasteiger partial charge in [-0.2, -0.15) is 4.99 Å². The molecule has 0 heterocycles. The molecule has 0 fully saturated rings. The maximum atomic E-state index is 13.8. The van der Waals surface area contributed by atoms with Crippen molar-refractivity contribution in [2.75, 3.05) is 13.4 Å². The van der Waals surface area contributed by atoms with Crippen LogP contribution in [-0.4, -0.2) is 35.3 Å². The standard InChI is InChI=1S/C12H13FN2O3S/c1-6-4-7(9(13)8(16)5-6)10(14)11(19-3)15-12(17)18-2/h4-5,14,16H,1-3H3. The highest BCUT2D eigenvalue weighted by Gasteiger charge is 2.18. The van der Waals surface area contributed by atoms with Crippen molar-refractivity contribution in [3.8, 4) is 5.75 Å². The Morgan fingerprint density at radius 3 is 2.68 bits per heavy atom. The number of nitrogens with one attached hydrogen (secondary N) is 1. The van der Waals surface area contributed by atoms with Crippen LogP contribution in [0.4, 0.5) is 9.18 Å². The van der Waals surface area contributed by atoms with Crippen molar-refractivity contribution in [1.29, 1.82) is 5.41 Å². The van der Waals surface area contributed by atoms with E-state index in [9.17, 15) is 14.3 Å². The van der Waals surface area contributed by atoms with Gasteiger partial charge in [-0.25, -0.2) is 9.18 Å². The summed E-state index contributed by atoms with van der Waals surface area (Å²) in [5.41, 5.74) is 0.195. The Morgan fingerprint density at radius 1 is 1.53 bits per heavy atom. The average Bonchev–Trinajstić information content (AvgIpc) is 2.38. The number of carbonyl (C=O) groups is 1. The molecule has 1 aromatic rings. The molecule has 1 rings (SSSR count). The van der Waals surface area contributed by atoms with E-state index in [2.05, 4.69) is 9.73 Å². The lowest BCUT2D eigenvalue weighted by Gasteiger charge is -2.09. The molecule has 0 aliphatic rings. The maximum Gasteiger partial charge on any atom is 0.434 e. The van der Waals surface area contributed by atoms with Crippen molar-refractivity contribution in [3.63, 3.8) is 0 Å². The SMILES string of the molecule is COC(=O)N=C(SC)C(=N)c1cc(C)cc(O)c1F. The molecule has 0 spiro atoms. The Hall–Kier alpha value is -1.89. The zero-order chi connectivity index (χ0) is 14.6. The van der Waals surface area contributed by atoms with Crippen LogP contribution in [-0.2, 0) is 4.74 Å². The number of hydrogen-bond donors (Lipinski definition) is 2. The summed E-state index contributed by atoms with van der Waals surface area (Å²) in [7, 11) is 1.16. The zero-order valence-corrected chi connectivity index (χ0v) is 11.5. The average molecular weight is 284 g/mol. The van der Waals surface area contributed by atoms with Crippen molar-refractivity contribution in [3.05, 3.63) is 29.1 Å². The van der Waals surface area contributed by atoms with Crippen LogP contribution in [0.3, 0.4) is 0 Å². The molecule has 0 saturated heterocycles. The quantitative estimate of drug-likeness (QED) is 0.646. The van der Waals surface area contributed by atoms with Crippen molar-refractivity contribution in [2.45, 2.75) is 6.92 Å². The molecule has 0 aliphatic heterocycles. The number of carbonyl (C=O) groups excluding carboxylic acids is 1. The largest absolute Gasteiger partial charge is 0.505 e. The van der Waals surface area contributed by atoms with Crippen molar-refractivity contribution >= 4 is 28.6 Å². The minimum atomic E-state index is -0.915. The third kappa shape index (κ3) is 3.54. The fraction of sp³-hybridized carbons (Fsp3) is 0.250. The first-order valence-electron chi connectivity index (χ1n) is 5.19. The van der Waals surface area contributed by atoms with Crippen LogP contribution in [0.2, 0.25) is 0 Å². The second kappa shape index (κ2) is 6.33. The number of ether oxygens (including phenoxy) is 1. The Kier molecular flexibility index (Phi) is 5.05. The number of aryl methyl sites for hydroxylation is 1. The van der Waals surface area contributed by atoms with Gasteiger partial charge in [-0.15, -0.1) is 11.8 Å². The molecule has 1 amide bonds. The molecule has 0 aliphatic carbocycles. The van der Waals surface area contributed by atoms with Crippen molar-refractivity contribution in [1.82, 2.24) is 0 Å². The fourth-order valence-electron chi connectivity index (χ4n) is 1.38. The summed E-state index contributed by atoms with van der Waals surface area (Å²) in [4.78, 5) is 14.6. The number of phenolic OH excluding ortho intramolecular Hbond substituents is 1. The van der Waals surface area contributed by atoms with Crippen molar-refractivity contribution in [2.24, 2.45) is 4.99 Å². The van der Waals surface area contributed by atoms with E-state index in [1.54, 1.807) is 13.2 Å². The molecule has 0 aromatic heterocycles. The van der Waals surface area contributed by atoms with E-state index in [-0.39, 0.29) is 16.3 Å². The molecule has 7 heteroatoms. The van der Waals surface area contributed by atoms with Crippen LogP contribution in [0.1, 0.15) is 11.1 Å². The molecule has 0 atom stereocenters. The summed E-state index contributed by atoms with van der Waals surface area (Å²) in [6, 6.07) is 2.66. The van der Waals surface area contributed by atoms with Gasteiger partial charge >= 0.3 is 6.09 Å². The predicted octanol–water partition coefficient (Wildman–Crippen LogP) is 2.74. The van der Waals surface area contributed by atoms with E-state index in [4.69, 9.17) is 5.41 Å². The van der Waals surface area contributed by atoms with Gasteiger partial charge in [0.15, 0.2) is 11.6 Å². The van der Waals surface area contributed by atoms with Gasteiger partial charge in [0, 0.05) is 5.56 Å². The molecule has 0 saturated carbocycles. The highest BCUT2D eigenvalue weighted by atomic mass is 32.2. The molecular formula is C12H13FN2O3S. The van der Waals surface area contributed by atoms with Gasteiger partial charge in [-0.3, -0.25) is 5.41 Å². The molecule has 1 aromatic carbocycles. The zero-order valence-electron chi connectivity index (χ0n) is 10.7. The third-order valence-electron chi connectivity index (χ3n) is 2.24. The number of hydrogen-bond acceptors (Lipinski definition) is 5. The predicted molar refractivity (Wildman–Crippen MR) is 73.0 cm³/mol. The van der Waals surface area contributed by atoms with E-state index in [0.29, 0.717) is 5.56 Å². The Balaban J connectivity index is 3.26. The second-order valence-corrected chi connectivity index (χ2v) is 4.41. The number of aliphatic imine (C=N–C) groups is 1. The van der Waals surface area contributed by atoms with Gasteiger partial charge < -0.3 is 9.84 Å². The van der Waals surface area contributed by atoms with Crippen LogP contribution < -0.4 is 0 Å². The first-order chi connectivity index (χ1) is 8.90. The lowest BCUT2D eigenvalue weighted by atomic mass is 10.1. The lowest BCUT2D eigenvalue weighted by Crippen LogP contribution is -2.15. The van der Waals surface area contributed by atoms with Crippen LogP contribution in [0.25, 0.3) is 0 Å². The van der Waals surface area contributed by atoms with Crippen LogP contribution in [0, 0.1) is 18.2 Å². The number of nitrogens with zero attached hydrogens (tertiary/aromatic N) is 1. The molecule has 19 heavy (non-hydrogen) atoms. The van der Waals surface area contributed by atoms with E-state index < -0.39 is 17.7 Å². The van der Waals surface area contributed by atoms with E-state index >= 15 is 0 Å². The number of benzene rings is 1. The molecule has 0 unspecified atom stereocenters. The first kappa shape index (κ1) is 15.2. The second-order valence-electron chi connectivity index (χ2n) is 3.61. The first-order valence-corrected chi connectivity index (χ1v) is 6.42. The maximum absolute atomic E-state index is 13.8. The minimum Gasteiger partial charge on any atom is -0.505 e. The molecular weight excluding hydrogens is 271 g/mol. The van der Waals surface area contributed by atoms with Gasteiger partial charge in [-0.05, 0) is 30.9 Å². The summed E-state index contributed by atoms with van der Waals surface area (Å²) in [5.74, 6) is -1.46.